The zero-order valence-corrected chi connectivity index (χ0v) is 29.7. The Morgan fingerprint density at radius 3 is 1.84 bits per heavy atom. The molecule has 4 aromatic rings. The molecular formula is C42H49N5O4. The van der Waals surface area contributed by atoms with Crippen LogP contribution in [-0.2, 0) is 4.74 Å². The zero-order valence-electron chi connectivity index (χ0n) is 29.7. The molecule has 8 unspecified atom stereocenters. The summed E-state index contributed by atoms with van der Waals surface area (Å²) in [7, 11) is 3.33. The summed E-state index contributed by atoms with van der Waals surface area (Å²) in [4.78, 5) is 13.9. The summed E-state index contributed by atoms with van der Waals surface area (Å²) in [6.45, 7) is 12.3. The Morgan fingerprint density at radius 2 is 1.35 bits per heavy atom. The fourth-order valence-electron chi connectivity index (χ4n) is 9.19. The zero-order chi connectivity index (χ0) is 35.5. The Morgan fingerprint density at radius 1 is 0.824 bits per heavy atom. The van der Waals surface area contributed by atoms with E-state index in [0.717, 1.165) is 83.5 Å². The van der Waals surface area contributed by atoms with Gasteiger partial charge in [0.05, 0.1) is 37.4 Å². The maximum absolute atomic E-state index is 11.2. The molecule has 0 radical (unpaired) electrons. The molecule has 4 bridgehead atoms. The minimum Gasteiger partial charge on any atom is -0.497 e. The molecule has 6 aliphatic rings. The highest BCUT2D eigenvalue weighted by Gasteiger charge is 2.44. The Bertz CT molecular complexity index is 1910. The minimum absolute atomic E-state index is 0.0817. The number of ether oxygens (including phenoxy) is 3. The summed E-state index contributed by atoms with van der Waals surface area (Å²) >= 11 is 0. The predicted molar refractivity (Wildman–Crippen MR) is 199 cm³/mol. The highest BCUT2D eigenvalue weighted by molar-refractivity contribution is 5.84. The second kappa shape index (κ2) is 15.5. The van der Waals surface area contributed by atoms with Crippen LogP contribution in [0.4, 0.5) is 0 Å². The van der Waals surface area contributed by atoms with Crippen LogP contribution >= 0.6 is 0 Å². The SMILES string of the molecule is C=CC1CN2CCC1CC2[C@@H](O)c1ccnc2ccc(OC)cc12.C=CC1CN2CCC1CC2[C@@H](OCC#N)c1ccnc2ccc(OC)cc12. The molecule has 9 heteroatoms. The van der Waals surface area contributed by atoms with Crippen LogP contribution in [0, 0.1) is 35.0 Å². The van der Waals surface area contributed by atoms with Crippen LogP contribution in [-0.4, -0.2) is 84.0 Å². The first-order chi connectivity index (χ1) is 25.0. The lowest BCUT2D eigenvalue weighted by molar-refractivity contribution is -0.0675. The number of aromatic nitrogens is 2. The second-order valence-corrected chi connectivity index (χ2v) is 14.4. The number of aliphatic hydroxyl groups is 1. The molecule has 51 heavy (non-hydrogen) atoms. The van der Waals surface area contributed by atoms with E-state index in [1.165, 1.54) is 12.8 Å². The van der Waals surface area contributed by atoms with E-state index in [1.807, 2.05) is 54.7 Å². The van der Waals surface area contributed by atoms with Crippen LogP contribution in [0.2, 0.25) is 0 Å². The molecule has 266 valence electrons. The molecule has 9 nitrogen and oxygen atoms in total. The van der Waals surface area contributed by atoms with E-state index in [2.05, 4.69) is 51.1 Å². The summed E-state index contributed by atoms with van der Waals surface area (Å²) in [5.41, 5.74) is 3.85. The molecule has 6 fully saturated rings. The monoisotopic (exact) mass is 687 g/mol. The van der Waals surface area contributed by atoms with Crippen molar-refractivity contribution in [1.82, 2.24) is 19.8 Å². The van der Waals surface area contributed by atoms with Gasteiger partial charge in [-0.1, -0.05) is 12.2 Å². The molecule has 2 aromatic heterocycles. The van der Waals surface area contributed by atoms with Crippen molar-refractivity contribution in [2.24, 2.45) is 23.7 Å². The van der Waals surface area contributed by atoms with Gasteiger partial charge in [0.1, 0.15) is 24.2 Å². The number of aliphatic hydroxyl groups excluding tert-OH is 1. The third-order valence-corrected chi connectivity index (χ3v) is 11.9. The number of nitriles is 1. The van der Waals surface area contributed by atoms with Gasteiger partial charge in [-0.25, -0.2) is 0 Å². The number of methoxy groups -OCH3 is 2. The van der Waals surface area contributed by atoms with Gasteiger partial charge in [0.25, 0.3) is 0 Å². The number of nitrogens with zero attached hydrogens (tertiary/aromatic N) is 5. The van der Waals surface area contributed by atoms with Crippen molar-refractivity contribution in [3.05, 3.63) is 97.4 Å². The van der Waals surface area contributed by atoms with E-state index in [4.69, 9.17) is 19.5 Å². The quantitative estimate of drug-likeness (QED) is 0.179. The summed E-state index contributed by atoms with van der Waals surface area (Å²) in [5.74, 6) is 4.01. The molecule has 0 aliphatic carbocycles. The van der Waals surface area contributed by atoms with Crippen molar-refractivity contribution in [3.63, 3.8) is 0 Å². The summed E-state index contributed by atoms with van der Waals surface area (Å²) in [6.07, 6.45) is 11.7. The fourth-order valence-corrected chi connectivity index (χ4v) is 9.19. The van der Waals surface area contributed by atoms with Crippen molar-refractivity contribution >= 4 is 21.8 Å². The van der Waals surface area contributed by atoms with E-state index >= 15 is 0 Å². The number of piperidine rings is 6. The molecule has 10 rings (SSSR count). The van der Waals surface area contributed by atoms with Crippen LogP contribution < -0.4 is 9.47 Å². The van der Waals surface area contributed by atoms with Gasteiger partial charge >= 0.3 is 0 Å². The lowest BCUT2D eigenvalue weighted by Gasteiger charge is -2.51. The van der Waals surface area contributed by atoms with Gasteiger partial charge in [-0.3, -0.25) is 19.8 Å². The molecule has 10 atom stereocenters. The van der Waals surface area contributed by atoms with Crippen LogP contribution in [0.3, 0.4) is 0 Å². The van der Waals surface area contributed by atoms with Crippen LogP contribution in [0.1, 0.15) is 49.0 Å². The molecule has 0 saturated carbocycles. The predicted octanol–water partition coefficient (Wildman–Crippen LogP) is 6.89. The standard InChI is InChI=1S/C22H25N3O2.C20H24N2O2/c1-3-15-14-25-10-7-16(15)12-21(25)22(27-11-8-23)18-6-9-24-20-5-4-17(26-2)13-19(18)20;1-3-13-12-22-9-7-14(13)10-19(22)20(23)16-6-8-21-18-5-4-15(24-2)11-17(16)18/h3-6,9,13,15-16,21-22H,1,7,10-12,14H2,2H3;3-6,8,11,13-14,19-20,23H,1,7,9-10,12H2,2H3/t15?,16?,21?,22-;13?,14?,19?,20-/m00/s1. The first kappa shape index (κ1) is 35.1. The Kier molecular flexibility index (Phi) is 10.7. The number of pyridine rings is 2. The first-order valence-corrected chi connectivity index (χ1v) is 18.2. The van der Waals surface area contributed by atoms with E-state index in [-0.39, 0.29) is 24.8 Å². The normalized spacial score (nSPS) is 29.0. The molecular weight excluding hydrogens is 638 g/mol. The van der Waals surface area contributed by atoms with Crippen molar-refractivity contribution in [2.75, 3.05) is 47.0 Å². The molecule has 0 amide bonds. The topological polar surface area (TPSA) is 104 Å². The van der Waals surface area contributed by atoms with Crippen LogP contribution in [0.25, 0.3) is 21.8 Å². The average Bonchev–Trinajstić information content (AvgIpc) is 3.20. The number of benzene rings is 2. The highest BCUT2D eigenvalue weighted by atomic mass is 16.5. The third-order valence-electron chi connectivity index (χ3n) is 11.9. The van der Waals surface area contributed by atoms with E-state index in [9.17, 15) is 5.11 Å². The second-order valence-electron chi connectivity index (χ2n) is 14.4. The molecule has 1 N–H and O–H groups in total. The average molecular weight is 688 g/mol. The minimum atomic E-state index is -0.504. The fraction of sp³-hybridized carbons (Fsp3) is 0.452. The van der Waals surface area contributed by atoms with Crippen molar-refractivity contribution in [1.29, 1.82) is 5.26 Å². The first-order valence-electron chi connectivity index (χ1n) is 18.2. The molecule has 8 heterocycles. The Labute approximate surface area is 301 Å². The van der Waals surface area contributed by atoms with Crippen molar-refractivity contribution in [3.8, 4) is 17.6 Å². The van der Waals surface area contributed by atoms with Gasteiger partial charge in [0.15, 0.2) is 0 Å². The van der Waals surface area contributed by atoms with Gasteiger partial charge in [0.2, 0.25) is 0 Å². The lowest BCUT2D eigenvalue weighted by Crippen LogP contribution is -2.55. The van der Waals surface area contributed by atoms with Crippen LogP contribution in [0.15, 0.2) is 86.2 Å². The van der Waals surface area contributed by atoms with E-state index < -0.39 is 6.10 Å². The number of hydrogen-bond acceptors (Lipinski definition) is 9. The van der Waals surface area contributed by atoms with Gasteiger partial charge in [-0.05, 0) is 122 Å². The maximum atomic E-state index is 11.2. The lowest BCUT2D eigenvalue weighted by atomic mass is 9.73. The van der Waals surface area contributed by atoms with Gasteiger partial charge in [-0.15, -0.1) is 13.2 Å². The third kappa shape index (κ3) is 6.98. The highest BCUT2D eigenvalue weighted by Crippen LogP contribution is 2.44. The van der Waals surface area contributed by atoms with E-state index in [0.29, 0.717) is 23.7 Å². The molecule has 6 aliphatic heterocycles. The van der Waals surface area contributed by atoms with Gasteiger partial charge < -0.3 is 19.3 Å². The van der Waals surface area contributed by atoms with Gasteiger partial charge in [-0.2, -0.15) is 5.26 Å². The molecule has 0 spiro atoms. The number of fused-ring (bicyclic) bond motifs is 8. The Balaban J connectivity index is 0.000000160. The molecule has 6 saturated heterocycles. The number of hydrogen-bond donors (Lipinski definition) is 1. The maximum Gasteiger partial charge on any atom is 0.134 e. The Hall–Kier alpha value is -4.33. The summed E-state index contributed by atoms with van der Waals surface area (Å²) < 4.78 is 16.9. The number of rotatable bonds is 10. The summed E-state index contributed by atoms with van der Waals surface area (Å²) in [5, 5.41) is 22.3. The van der Waals surface area contributed by atoms with Crippen molar-refractivity contribution in [2.45, 2.75) is 50.0 Å². The van der Waals surface area contributed by atoms with E-state index in [1.54, 1.807) is 20.4 Å². The largest absolute Gasteiger partial charge is 0.497 e. The summed E-state index contributed by atoms with van der Waals surface area (Å²) in [6, 6.07) is 18.3. The van der Waals surface area contributed by atoms with Gasteiger partial charge in [0, 0.05) is 48.3 Å². The molecule has 2 aromatic carbocycles. The van der Waals surface area contributed by atoms with Crippen LogP contribution in [0.5, 0.6) is 11.5 Å². The van der Waals surface area contributed by atoms with Crippen molar-refractivity contribution < 1.29 is 19.3 Å². The smallest absolute Gasteiger partial charge is 0.134 e.